The van der Waals surface area contributed by atoms with Crippen LogP contribution < -0.4 is 5.73 Å². The van der Waals surface area contributed by atoms with E-state index in [0.29, 0.717) is 5.92 Å². The monoisotopic (exact) mass is 281 g/mol. The molecule has 0 fully saturated rings. The van der Waals surface area contributed by atoms with Gasteiger partial charge in [-0.1, -0.05) is 43.6 Å². The largest absolute Gasteiger partial charge is 0.341 e. The highest BCUT2D eigenvalue weighted by Gasteiger charge is 2.37. The van der Waals surface area contributed by atoms with Gasteiger partial charge in [-0.15, -0.1) is 0 Å². The second-order valence-corrected chi connectivity index (χ2v) is 6.02. The molecule has 3 rings (SSSR count). The zero-order valence-electron chi connectivity index (χ0n) is 12.8. The van der Waals surface area contributed by atoms with E-state index in [1.807, 2.05) is 12.3 Å². The number of nitrogens with one attached hydrogen (secondary N) is 1. The molecule has 2 aromatic heterocycles. The maximum absolute atomic E-state index is 6.83. The summed E-state index contributed by atoms with van der Waals surface area (Å²) >= 11 is 0. The lowest BCUT2D eigenvalue weighted by atomic mass is 9.72. The van der Waals surface area contributed by atoms with Crippen LogP contribution in [-0.4, -0.2) is 9.97 Å². The molecule has 2 unspecified atom stereocenters. The summed E-state index contributed by atoms with van der Waals surface area (Å²) in [6.07, 6.45) is 11.7. The summed E-state index contributed by atoms with van der Waals surface area (Å²) in [5.74, 6) is 0.343. The number of pyridine rings is 1. The van der Waals surface area contributed by atoms with Crippen LogP contribution in [0.1, 0.15) is 38.8 Å². The summed E-state index contributed by atoms with van der Waals surface area (Å²) in [4.78, 5) is 7.80. The molecule has 2 atom stereocenters. The summed E-state index contributed by atoms with van der Waals surface area (Å²) in [5.41, 5.74) is 9.70. The Balaban J connectivity index is 2.03. The van der Waals surface area contributed by atoms with Gasteiger partial charge >= 0.3 is 0 Å². The quantitative estimate of drug-likeness (QED) is 0.888. The van der Waals surface area contributed by atoms with Gasteiger partial charge in [0.1, 0.15) is 5.65 Å². The number of aromatic nitrogens is 2. The van der Waals surface area contributed by atoms with Gasteiger partial charge < -0.3 is 10.7 Å². The lowest BCUT2D eigenvalue weighted by molar-refractivity contribution is 0.346. The van der Waals surface area contributed by atoms with Gasteiger partial charge in [0.2, 0.25) is 0 Å². The lowest BCUT2D eigenvalue weighted by Crippen LogP contribution is -2.44. The normalized spacial score (nSPS) is 25.3. The molecule has 0 saturated carbocycles. The Morgan fingerprint density at radius 3 is 3.05 bits per heavy atom. The summed E-state index contributed by atoms with van der Waals surface area (Å²) in [6.45, 7) is 4.41. The first-order valence-electron chi connectivity index (χ1n) is 7.74. The highest BCUT2D eigenvalue weighted by atomic mass is 14.9. The molecule has 2 heterocycles. The number of nitrogens with two attached hydrogens (primary N) is 1. The summed E-state index contributed by atoms with van der Waals surface area (Å²) in [7, 11) is 0. The number of hydrogen-bond donors (Lipinski definition) is 2. The Morgan fingerprint density at radius 1 is 1.43 bits per heavy atom. The number of fused-ring (bicyclic) bond motifs is 1. The number of aromatic amines is 1. The van der Waals surface area contributed by atoms with E-state index in [2.05, 4.69) is 54.2 Å². The number of rotatable bonds is 4. The fourth-order valence-corrected chi connectivity index (χ4v) is 3.31. The third kappa shape index (κ3) is 2.42. The fourth-order valence-electron chi connectivity index (χ4n) is 3.31. The predicted octanol–water partition coefficient (Wildman–Crippen LogP) is 4.04. The lowest BCUT2D eigenvalue weighted by Gasteiger charge is -2.37. The Hall–Kier alpha value is -1.87. The Labute approximate surface area is 126 Å². The zero-order valence-corrected chi connectivity index (χ0v) is 12.8. The molecule has 110 valence electrons. The van der Waals surface area contributed by atoms with Crippen molar-refractivity contribution in [3.8, 4) is 0 Å². The zero-order chi connectivity index (χ0) is 14.9. The maximum Gasteiger partial charge on any atom is 0.137 e. The second-order valence-electron chi connectivity index (χ2n) is 6.02. The van der Waals surface area contributed by atoms with Crippen LogP contribution in [0, 0.1) is 5.92 Å². The van der Waals surface area contributed by atoms with Gasteiger partial charge in [0.25, 0.3) is 0 Å². The van der Waals surface area contributed by atoms with Crippen molar-refractivity contribution in [3.63, 3.8) is 0 Å². The minimum Gasteiger partial charge on any atom is -0.341 e. The topological polar surface area (TPSA) is 54.7 Å². The number of unbranched alkanes of at least 4 members (excludes halogenated alkanes) is 1. The third-order valence-corrected chi connectivity index (χ3v) is 4.56. The van der Waals surface area contributed by atoms with E-state index in [1.54, 1.807) is 0 Å². The molecule has 2 aromatic rings. The van der Waals surface area contributed by atoms with Gasteiger partial charge in [0, 0.05) is 23.2 Å². The molecule has 3 heteroatoms. The van der Waals surface area contributed by atoms with Gasteiger partial charge in [0.05, 0.1) is 5.54 Å². The minimum atomic E-state index is -0.464. The van der Waals surface area contributed by atoms with Crippen molar-refractivity contribution in [1.82, 2.24) is 9.97 Å². The Bertz CT molecular complexity index is 662. The molecule has 0 aliphatic heterocycles. The number of hydrogen-bond acceptors (Lipinski definition) is 2. The van der Waals surface area contributed by atoms with Gasteiger partial charge in [-0.3, -0.25) is 0 Å². The van der Waals surface area contributed by atoms with Gasteiger partial charge in [-0.05, 0) is 31.5 Å². The van der Waals surface area contributed by atoms with Crippen molar-refractivity contribution in [3.05, 3.63) is 53.9 Å². The minimum absolute atomic E-state index is 0.343. The van der Waals surface area contributed by atoms with Crippen LogP contribution in [0.5, 0.6) is 0 Å². The summed E-state index contributed by atoms with van der Waals surface area (Å²) < 4.78 is 0. The molecule has 0 bridgehead atoms. The molecular weight excluding hydrogens is 258 g/mol. The molecule has 0 radical (unpaired) electrons. The average molecular weight is 281 g/mol. The van der Waals surface area contributed by atoms with E-state index in [1.165, 1.54) is 18.4 Å². The van der Waals surface area contributed by atoms with E-state index in [9.17, 15) is 0 Å². The van der Waals surface area contributed by atoms with E-state index < -0.39 is 5.54 Å². The van der Waals surface area contributed by atoms with Crippen LogP contribution in [0.3, 0.4) is 0 Å². The molecule has 3 N–H and O–H groups in total. The van der Waals surface area contributed by atoms with Crippen molar-refractivity contribution >= 4 is 11.0 Å². The van der Waals surface area contributed by atoms with Gasteiger partial charge in [-0.2, -0.15) is 0 Å². The van der Waals surface area contributed by atoms with Crippen LogP contribution in [0.15, 0.2) is 48.2 Å². The smallest absolute Gasteiger partial charge is 0.137 e. The van der Waals surface area contributed by atoms with Crippen molar-refractivity contribution in [1.29, 1.82) is 0 Å². The molecule has 1 aliphatic rings. The van der Waals surface area contributed by atoms with Gasteiger partial charge in [0.15, 0.2) is 0 Å². The molecule has 3 nitrogen and oxygen atoms in total. The van der Waals surface area contributed by atoms with Crippen molar-refractivity contribution < 1.29 is 0 Å². The Morgan fingerprint density at radius 2 is 2.29 bits per heavy atom. The molecule has 0 aromatic carbocycles. The van der Waals surface area contributed by atoms with Crippen molar-refractivity contribution in [2.75, 3.05) is 0 Å². The van der Waals surface area contributed by atoms with E-state index in [-0.39, 0.29) is 0 Å². The number of H-pyrrole nitrogens is 1. The van der Waals surface area contributed by atoms with E-state index in [0.717, 1.165) is 23.1 Å². The third-order valence-electron chi connectivity index (χ3n) is 4.56. The first-order chi connectivity index (χ1) is 10.1. The predicted molar refractivity (Wildman–Crippen MR) is 87.9 cm³/mol. The first-order valence-corrected chi connectivity index (χ1v) is 7.74. The van der Waals surface area contributed by atoms with E-state index in [4.69, 9.17) is 5.73 Å². The fraction of sp³-hybridized carbons (Fsp3) is 0.389. The van der Waals surface area contributed by atoms with Crippen LogP contribution in [-0.2, 0) is 5.54 Å². The highest BCUT2D eigenvalue weighted by molar-refractivity contribution is 5.76. The van der Waals surface area contributed by atoms with Crippen molar-refractivity contribution in [2.24, 2.45) is 11.7 Å². The molecule has 0 saturated heterocycles. The molecule has 0 amide bonds. The molecule has 21 heavy (non-hydrogen) atoms. The summed E-state index contributed by atoms with van der Waals surface area (Å²) in [6, 6.07) is 6.17. The van der Waals surface area contributed by atoms with Crippen LogP contribution >= 0.6 is 0 Å². The average Bonchev–Trinajstić information content (AvgIpc) is 2.91. The van der Waals surface area contributed by atoms with Crippen LogP contribution in [0.2, 0.25) is 0 Å². The van der Waals surface area contributed by atoms with Crippen LogP contribution in [0.4, 0.5) is 0 Å². The number of allylic oxidation sites excluding steroid dienone is 2. The first kappa shape index (κ1) is 14.1. The maximum atomic E-state index is 6.83. The molecular formula is C18H23N3. The van der Waals surface area contributed by atoms with Crippen LogP contribution in [0.25, 0.3) is 11.0 Å². The number of nitrogens with zero attached hydrogens (tertiary/aromatic N) is 1. The SMILES string of the molecule is CCCCC1C(C)=CC=CC1(N)c1cc2cccnc2[nH]1. The molecule has 0 spiro atoms. The summed E-state index contributed by atoms with van der Waals surface area (Å²) in [5, 5.41) is 1.12. The Kier molecular flexibility index (Phi) is 3.68. The second kappa shape index (κ2) is 5.49. The standard InChI is InChI=1S/C18H23N3/c1-3-4-9-15-13(2)7-5-10-18(15,19)16-12-14-8-6-11-20-17(14)21-16/h5-8,10-12,15H,3-4,9,19H2,1-2H3,(H,20,21). The van der Waals surface area contributed by atoms with Crippen molar-refractivity contribution in [2.45, 2.75) is 38.6 Å². The molecule has 1 aliphatic carbocycles. The van der Waals surface area contributed by atoms with E-state index >= 15 is 0 Å². The van der Waals surface area contributed by atoms with Gasteiger partial charge in [-0.25, -0.2) is 4.98 Å². The highest BCUT2D eigenvalue weighted by Crippen LogP contribution is 2.39.